The van der Waals surface area contributed by atoms with Crippen molar-refractivity contribution in [3.63, 3.8) is 0 Å². The van der Waals surface area contributed by atoms with Crippen molar-refractivity contribution in [2.75, 3.05) is 165 Å². The molecule has 1 aliphatic heterocycles. The van der Waals surface area contributed by atoms with Crippen LogP contribution in [0.1, 0.15) is 39.2 Å². The molecule has 4 N–H and O–H groups in total. The maximum atomic E-state index is 13.1. The van der Waals surface area contributed by atoms with Crippen LogP contribution in [0.15, 0.2) is 45.8 Å². The van der Waals surface area contributed by atoms with Gasteiger partial charge in [0, 0.05) is 42.1 Å². The number of rotatable bonds is 44. The van der Waals surface area contributed by atoms with Crippen molar-refractivity contribution < 1.29 is 71.4 Å². The van der Waals surface area contributed by atoms with Crippen LogP contribution in [-0.4, -0.2) is 205 Å². The Morgan fingerprint density at radius 1 is 0.716 bits per heavy atom. The number of carbonyl (C=O) groups excluding carboxylic acids is 4. The molecule has 0 bridgehead atoms. The molecule has 0 aliphatic carbocycles. The first-order valence-electron chi connectivity index (χ1n) is 22.8. The minimum absolute atomic E-state index is 0.193. The number of benzene rings is 1. The van der Waals surface area contributed by atoms with E-state index in [1.54, 1.807) is 6.92 Å². The van der Waals surface area contributed by atoms with Gasteiger partial charge in [0.15, 0.2) is 0 Å². The van der Waals surface area contributed by atoms with Crippen LogP contribution in [0.5, 0.6) is 0 Å². The number of hydrogen-bond acceptors (Lipinski definition) is 19. The molecule has 1 aromatic carbocycles. The Kier molecular flexibility index (Phi) is 36.4. The SMILES string of the molecule is C/C=C\C(=O)N(C=O)CC(=O)NCCOCCOCCOCCOCCOCCOCCOCCOCCOCCOCCNSc1ccc2c(c1)N=C(N)CC(C(=O)N(CCC)OCC)=C2. The van der Waals surface area contributed by atoms with Gasteiger partial charge in [-0.1, -0.05) is 19.1 Å². The quantitative estimate of drug-likeness (QED) is 0.0279. The molecule has 0 unspecified atom stereocenters. The minimum Gasteiger partial charge on any atom is -0.387 e. The first kappa shape index (κ1) is 59.2. The maximum absolute atomic E-state index is 13.1. The Hall–Kier alpha value is -3.88. The van der Waals surface area contributed by atoms with Crippen LogP contribution in [-0.2, 0) is 71.4 Å². The zero-order valence-electron chi connectivity index (χ0n) is 39.6. The first-order chi connectivity index (χ1) is 32.8. The van der Waals surface area contributed by atoms with E-state index in [0.29, 0.717) is 169 Å². The molecule has 0 saturated heterocycles. The van der Waals surface area contributed by atoms with E-state index in [9.17, 15) is 19.2 Å². The summed E-state index contributed by atoms with van der Waals surface area (Å²) in [5, 5.41) is 3.98. The summed E-state index contributed by atoms with van der Waals surface area (Å²) in [6.07, 6.45) is 5.91. The summed E-state index contributed by atoms with van der Waals surface area (Å²) >= 11 is 1.47. The average Bonchev–Trinajstić information content (AvgIpc) is 3.49. The van der Waals surface area contributed by atoms with E-state index < -0.39 is 11.8 Å². The van der Waals surface area contributed by atoms with Crippen LogP contribution in [0.25, 0.3) is 6.08 Å². The lowest BCUT2D eigenvalue weighted by atomic mass is 10.1. The number of nitrogens with zero attached hydrogens (tertiary/aromatic N) is 3. The lowest BCUT2D eigenvalue weighted by molar-refractivity contribution is -0.180. The summed E-state index contributed by atoms with van der Waals surface area (Å²) in [5.41, 5.74) is 8.28. The highest BCUT2D eigenvalue weighted by molar-refractivity contribution is 7.97. The molecule has 0 atom stereocenters. The number of nitrogens with one attached hydrogen (secondary N) is 2. The van der Waals surface area contributed by atoms with Crippen molar-refractivity contribution in [1.29, 1.82) is 0 Å². The van der Waals surface area contributed by atoms with Crippen LogP contribution >= 0.6 is 11.9 Å². The number of nitrogens with two attached hydrogens (primary N) is 1. The smallest absolute Gasteiger partial charge is 0.273 e. The van der Waals surface area contributed by atoms with E-state index in [1.807, 2.05) is 38.1 Å². The fraction of sp³-hybridized carbons (Fsp3) is 0.667. The second-order valence-corrected chi connectivity index (χ2v) is 15.0. The number of imide groups is 1. The molecule has 0 spiro atoms. The van der Waals surface area contributed by atoms with E-state index >= 15 is 0 Å². The molecular weight excluding hydrogens is 897 g/mol. The van der Waals surface area contributed by atoms with E-state index in [1.165, 1.54) is 29.2 Å². The maximum Gasteiger partial charge on any atom is 0.273 e. The molecule has 1 heterocycles. The summed E-state index contributed by atoms with van der Waals surface area (Å²) in [5.74, 6) is -0.824. The minimum atomic E-state index is -0.553. The fourth-order valence-electron chi connectivity index (χ4n) is 5.52. The summed E-state index contributed by atoms with van der Waals surface area (Å²) < 4.78 is 58.4. The van der Waals surface area contributed by atoms with Gasteiger partial charge in [-0.05, 0) is 56.5 Å². The topological polar surface area (TPSA) is 239 Å². The van der Waals surface area contributed by atoms with Crippen molar-refractivity contribution in [1.82, 2.24) is 20.0 Å². The lowest BCUT2D eigenvalue weighted by Gasteiger charge is -2.21. The summed E-state index contributed by atoms with van der Waals surface area (Å²) in [6, 6.07) is 5.86. The molecule has 1 aromatic rings. The number of allylic oxidation sites excluding steroid dienone is 1. The Morgan fingerprint density at radius 3 is 1.64 bits per heavy atom. The molecule has 0 aromatic heterocycles. The largest absolute Gasteiger partial charge is 0.387 e. The number of ether oxygens (including phenoxy) is 10. The Labute approximate surface area is 399 Å². The Morgan fingerprint density at radius 2 is 1.19 bits per heavy atom. The molecule has 22 heteroatoms. The highest BCUT2D eigenvalue weighted by Crippen LogP contribution is 2.31. The second-order valence-electron chi connectivity index (χ2n) is 14.0. The molecule has 2 rings (SSSR count). The Bertz CT molecular complexity index is 1590. The lowest BCUT2D eigenvalue weighted by Crippen LogP contribution is -2.40. The van der Waals surface area contributed by atoms with E-state index in [2.05, 4.69) is 15.0 Å². The normalized spacial score (nSPS) is 12.4. The number of amides is 4. The number of hydroxylamine groups is 2. The zero-order chi connectivity index (χ0) is 48.4. The third kappa shape index (κ3) is 30.3. The van der Waals surface area contributed by atoms with E-state index in [4.69, 9.17) is 57.9 Å². The number of carbonyl (C=O) groups is 4. The van der Waals surface area contributed by atoms with Crippen molar-refractivity contribution in [2.24, 2.45) is 10.7 Å². The van der Waals surface area contributed by atoms with Crippen molar-refractivity contribution in [3.05, 3.63) is 41.5 Å². The van der Waals surface area contributed by atoms with Gasteiger partial charge < -0.3 is 58.4 Å². The van der Waals surface area contributed by atoms with Crippen LogP contribution in [0.3, 0.4) is 0 Å². The van der Waals surface area contributed by atoms with E-state index in [0.717, 1.165) is 21.8 Å². The predicted molar refractivity (Wildman–Crippen MR) is 252 cm³/mol. The van der Waals surface area contributed by atoms with Crippen molar-refractivity contribution in [2.45, 2.75) is 38.5 Å². The standard InChI is InChI=1S/C45H74N6O15S/c1-4-7-44(54)50(37-52)36-43(53)47-10-13-56-15-17-58-19-21-60-23-25-62-27-29-64-31-32-65-30-28-63-26-24-61-22-20-59-18-16-57-14-11-48-67-40-9-8-38-33-39(34-42(46)49-41(38)35-40)45(55)51(12-5-2)66-6-3/h4,7-9,33,35,37,48H,5-6,10-32,34,36H2,1-3H3,(H2,46,49)(H,47,53)/b7-4-. The number of amidine groups is 1. The average molecular weight is 971 g/mol. The number of fused-ring (bicyclic) bond motifs is 1. The molecule has 4 amide bonds. The highest BCUT2D eigenvalue weighted by atomic mass is 32.2. The summed E-state index contributed by atoms with van der Waals surface area (Å²) in [6.45, 7) is 15.8. The number of hydrogen-bond donors (Lipinski definition) is 3. The van der Waals surface area contributed by atoms with Crippen molar-refractivity contribution in [3.8, 4) is 0 Å². The zero-order valence-corrected chi connectivity index (χ0v) is 40.4. The molecule has 67 heavy (non-hydrogen) atoms. The number of aliphatic imine (C=N–C) groups is 1. The molecular formula is C45H74N6O15S. The highest BCUT2D eigenvalue weighted by Gasteiger charge is 2.22. The fourth-order valence-corrected chi connectivity index (χ4v) is 6.18. The van der Waals surface area contributed by atoms with Gasteiger partial charge in [-0.2, -0.15) is 0 Å². The third-order valence-corrected chi connectivity index (χ3v) is 9.51. The second kappa shape index (κ2) is 41.1. The first-order valence-corrected chi connectivity index (χ1v) is 23.6. The predicted octanol–water partition coefficient (Wildman–Crippen LogP) is 2.09. The molecule has 0 radical (unpaired) electrons. The molecule has 0 fully saturated rings. The summed E-state index contributed by atoms with van der Waals surface area (Å²) in [4.78, 5) is 59.4. The van der Waals surface area contributed by atoms with Crippen LogP contribution in [0, 0.1) is 0 Å². The van der Waals surface area contributed by atoms with Gasteiger partial charge in [-0.15, -0.1) is 0 Å². The van der Waals surface area contributed by atoms with Gasteiger partial charge in [0.2, 0.25) is 12.3 Å². The van der Waals surface area contributed by atoms with Gasteiger partial charge in [0.1, 0.15) is 12.4 Å². The van der Waals surface area contributed by atoms with Gasteiger partial charge in [0.25, 0.3) is 11.8 Å². The Balaban J connectivity index is 1.27. The van der Waals surface area contributed by atoms with E-state index in [-0.39, 0.29) is 32.0 Å². The molecule has 380 valence electrons. The monoisotopic (exact) mass is 970 g/mol. The molecule has 0 saturated carbocycles. The van der Waals surface area contributed by atoms with Crippen LogP contribution < -0.4 is 15.8 Å². The van der Waals surface area contributed by atoms with Gasteiger partial charge in [0.05, 0.1) is 144 Å². The molecule has 1 aliphatic rings. The van der Waals surface area contributed by atoms with Crippen molar-refractivity contribution >= 4 is 53.7 Å². The van der Waals surface area contributed by atoms with Gasteiger partial charge >= 0.3 is 0 Å². The van der Waals surface area contributed by atoms with Crippen LogP contribution in [0.4, 0.5) is 5.69 Å². The summed E-state index contributed by atoms with van der Waals surface area (Å²) in [7, 11) is 0. The third-order valence-electron chi connectivity index (χ3n) is 8.67. The van der Waals surface area contributed by atoms with Crippen LogP contribution in [0.2, 0.25) is 0 Å². The van der Waals surface area contributed by atoms with Gasteiger partial charge in [-0.25, -0.2) is 10.1 Å². The molecule has 21 nitrogen and oxygen atoms in total. The van der Waals surface area contributed by atoms with Gasteiger partial charge in [-0.3, -0.25) is 33.6 Å².